The van der Waals surface area contributed by atoms with Gasteiger partial charge in [-0.25, -0.2) is 0 Å². The van der Waals surface area contributed by atoms with Crippen LogP contribution < -0.4 is 5.32 Å². The number of nitrogens with one attached hydrogen (secondary N) is 1. The van der Waals surface area contributed by atoms with Crippen molar-refractivity contribution in [1.29, 1.82) is 0 Å². The van der Waals surface area contributed by atoms with E-state index in [1.54, 1.807) is 6.07 Å². The van der Waals surface area contributed by atoms with Gasteiger partial charge in [-0.2, -0.15) is 13.2 Å². The topological polar surface area (TPSA) is 12.0 Å². The predicted octanol–water partition coefficient (Wildman–Crippen LogP) is 5.81. The van der Waals surface area contributed by atoms with Crippen LogP contribution in [0.25, 0.3) is 21.9 Å². The second kappa shape index (κ2) is 6.29. The molecule has 0 unspecified atom stereocenters. The van der Waals surface area contributed by atoms with Crippen molar-refractivity contribution in [3.63, 3.8) is 0 Å². The van der Waals surface area contributed by atoms with Crippen LogP contribution in [0.4, 0.5) is 13.2 Å². The minimum absolute atomic E-state index is 0.0978. The molecule has 24 heavy (non-hydrogen) atoms. The Morgan fingerprint density at radius 3 is 2.33 bits per heavy atom. The van der Waals surface area contributed by atoms with Crippen molar-refractivity contribution in [2.45, 2.75) is 19.1 Å². The Hall–Kier alpha value is -2.33. The van der Waals surface area contributed by atoms with Gasteiger partial charge in [0, 0.05) is 6.04 Å². The molecule has 0 saturated carbocycles. The minimum Gasteiger partial charge on any atom is -0.313 e. The van der Waals surface area contributed by atoms with E-state index in [1.807, 2.05) is 50.4 Å². The van der Waals surface area contributed by atoms with Crippen LogP contribution in [0, 0.1) is 0 Å². The Morgan fingerprint density at radius 1 is 0.875 bits per heavy atom. The van der Waals surface area contributed by atoms with E-state index in [0.717, 1.165) is 28.0 Å². The number of hydrogen-bond acceptors (Lipinski definition) is 1. The molecule has 4 heteroatoms. The molecule has 0 aromatic heterocycles. The number of alkyl halides is 3. The first-order valence-electron chi connectivity index (χ1n) is 7.78. The van der Waals surface area contributed by atoms with Gasteiger partial charge in [-0.15, -0.1) is 0 Å². The van der Waals surface area contributed by atoms with Crippen LogP contribution in [0.5, 0.6) is 0 Å². The molecule has 124 valence electrons. The van der Waals surface area contributed by atoms with Gasteiger partial charge in [0.05, 0.1) is 5.56 Å². The Morgan fingerprint density at radius 2 is 1.62 bits per heavy atom. The molecular weight excluding hydrogens is 311 g/mol. The Bertz CT molecular complexity index is 868. The molecule has 0 spiro atoms. The highest BCUT2D eigenvalue weighted by Crippen LogP contribution is 2.35. The van der Waals surface area contributed by atoms with Gasteiger partial charge in [-0.05, 0) is 65.7 Å². The van der Waals surface area contributed by atoms with Crippen LogP contribution in [0.15, 0.2) is 60.7 Å². The van der Waals surface area contributed by atoms with Crippen LogP contribution in [0.1, 0.15) is 24.1 Å². The lowest BCUT2D eigenvalue weighted by Crippen LogP contribution is -2.12. The molecule has 3 rings (SSSR count). The predicted molar refractivity (Wildman–Crippen MR) is 91.9 cm³/mol. The highest BCUT2D eigenvalue weighted by molar-refractivity contribution is 5.90. The zero-order valence-corrected chi connectivity index (χ0v) is 13.5. The Balaban J connectivity index is 2.20. The Labute approximate surface area is 139 Å². The Kier molecular flexibility index (Phi) is 4.33. The number of halogens is 3. The van der Waals surface area contributed by atoms with Crippen LogP contribution in [0.3, 0.4) is 0 Å². The number of fused-ring (bicyclic) bond motifs is 1. The number of benzene rings is 3. The van der Waals surface area contributed by atoms with Gasteiger partial charge in [0.25, 0.3) is 0 Å². The van der Waals surface area contributed by atoms with E-state index in [0.29, 0.717) is 5.56 Å². The summed E-state index contributed by atoms with van der Waals surface area (Å²) in [6.45, 7) is 2.04. The van der Waals surface area contributed by atoms with E-state index in [1.165, 1.54) is 12.1 Å². The van der Waals surface area contributed by atoms with E-state index >= 15 is 0 Å². The highest BCUT2D eigenvalue weighted by Gasteiger charge is 2.30. The smallest absolute Gasteiger partial charge is 0.313 e. The molecule has 0 amide bonds. The molecule has 0 aliphatic carbocycles. The standard InChI is InChI=1S/C20H18F3N/c1-13(24-2)19-12-16(10-15-6-3-4-9-18(15)19)14-7-5-8-17(11-14)20(21,22)23/h3-13,24H,1-2H3/t13-/m1/s1. The lowest BCUT2D eigenvalue weighted by molar-refractivity contribution is -0.137. The zero-order valence-electron chi connectivity index (χ0n) is 13.5. The average molecular weight is 329 g/mol. The van der Waals surface area contributed by atoms with Gasteiger partial charge in [0.2, 0.25) is 0 Å². The van der Waals surface area contributed by atoms with Crippen LogP contribution in [-0.4, -0.2) is 7.05 Å². The summed E-state index contributed by atoms with van der Waals surface area (Å²) in [6, 6.07) is 17.4. The van der Waals surface area contributed by atoms with Crippen molar-refractivity contribution in [3.05, 3.63) is 71.8 Å². The summed E-state index contributed by atoms with van der Waals surface area (Å²) in [5.41, 5.74) is 1.80. The second-order valence-corrected chi connectivity index (χ2v) is 5.88. The molecule has 0 heterocycles. The normalized spacial score (nSPS) is 13.2. The third-order valence-corrected chi connectivity index (χ3v) is 4.32. The molecule has 3 aromatic rings. The van der Waals surface area contributed by atoms with Crippen LogP contribution >= 0.6 is 0 Å². The van der Waals surface area contributed by atoms with Crippen molar-refractivity contribution in [2.24, 2.45) is 0 Å². The highest BCUT2D eigenvalue weighted by atomic mass is 19.4. The first-order chi connectivity index (χ1) is 11.4. The van der Waals surface area contributed by atoms with Gasteiger partial charge in [-0.1, -0.05) is 36.4 Å². The van der Waals surface area contributed by atoms with Crippen LogP contribution in [-0.2, 0) is 6.18 Å². The molecule has 1 N–H and O–H groups in total. The average Bonchev–Trinajstić information content (AvgIpc) is 2.59. The molecule has 0 fully saturated rings. The first-order valence-corrected chi connectivity index (χ1v) is 7.78. The van der Waals surface area contributed by atoms with E-state index < -0.39 is 11.7 Å². The van der Waals surface area contributed by atoms with E-state index in [4.69, 9.17) is 0 Å². The summed E-state index contributed by atoms with van der Waals surface area (Å²) in [5, 5.41) is 5.33. The van der Waals surface area contributed by atoms with Gasteiger partial charge >= 0.3 is 6.18 Å². The van der Waals surface area contributed by atoms with E-state index in [-0.39, 0.29) is 6.04 Å². The fourth-order valence-corrected chi connectivity index (χ4v) is 2.90. The maximum Gasteiger partial charge on any atom is 0.416 e. The van der Waals surface area contributed by atoms with E-state index in [2.05, 4.69) is 5.32 Å². The van der Waals surface area contributed by atoms with Crippen molar-refractivity contribution >= 4 is 10.8 Å². The maximum atomic E-state index is 13.0. The third-order valence-electron chi connectivity index (χ3n) is 4.32. The summed E-state index contributed by atoms with van der Waals surface area (Å²) >= 11 is 0. The molecule has 3 aromatic carbocycles. The minimum atomic E-state index is -4.34. The van der Waals surface area contributed by atoms with Gasteiger partial charge in [0.15, 0.2) is 0 Å². The third kappa shape index (κ3) is 3.15. The lowest BCUT2D eigenvalue weighted by atomic mass is 9.93. The van der Waals surface area contributed by atoms with Crippen molar-refractivity contribution in [1.82, 2.24) is 5.32 Å². The summed E-state index contributed by atoms with van der Waals surface area (Å²) in [5.74, 6) is 0. The fourth-order valence-electron chi connectivity index (χ4n) is 2.90. The summed E-state index contributed by atoms with van der Waals surface area (Å²) < 4.78 is 39.0. The van der Waals surface area contributed by atoms with Crippen molar-refractivity contribution in [2.75, 3.05) is 7.05 Å². The molecule has 0 aliphatic heterocycles. The molecule has 0 aliphatic rings. The number of rotatable bonds is 3. The molecule has 0 bridgehead atoms. The first kappa shape index (κ1) is 16.5. The summed E-state index contributed by atoms with van der Waals surface area (Å²) in [7, 11) is 1.87. The van der Waals surface area contributed by atoms with Gasteiger partial charge in [-0.3, -0.25) is 0 Å². The second-order valence-electron chi connectivity index (χ2n) is 5.88. The number of hydrogen-bond donors (Lipinski definition) is 1. The molecule has 0 saturated heterocycles. The monoisotopic (exact) mass is 329 g/mol. The molecular formula is C20H18F3N. The molecule has 1 nitrogen and oxygen atoms in total. The summed E-state index contributed by atoms with van der Waals surface area (Å²) in [4.78, 5) is 0. The van der Waals surface area contributed by atoms with Gasteiger partial charge < -0.3 is 5.32 Å². The quantitative estimate of drug-likeness (QED) is 0.640. The molecule has 1 atom stereocenters. The van der Waals surface area contributed by atoms with Gasteiger partial charge in [0.1, 0.15) is 0 Å². The van der Waals surface area contributed by atoms with E-state index in [9.17, 15) is 13.2 Å². The van der Waals surface area contributed by atoms with Crippen LogP contribution in [0.2, 0.25) is 0 Å². The lowest BCUT2D eigenvalue weighted by Gasteiger charge is -2.17. The zero-order chi connectivity index (χ0) is 17.3. The van der Waals surface area contributed by atoms with Crippen molar-refractivity contribution in [3.8, 4) is 11.1 Å². The fraction of sp³-hybridized carbons (Fsp3) is 0.200. The molecule has 0 radical (unpaired) electrons. The summed E-state index contributed by atoms with van der Waals surface area (Å²) in [6.07, 6.45) is -4.34. The maximum absolute atomic E-state index is 13.0. The SMILES string of the molecule is CN[C@H](C)c1cc(-c2cccc(C(F)(F)F)c2)cc2ccccc12. The largest absolute Gasteiger partial charge is 0.416 e. The van der Waals surface area contributed by atoms with Crippen molar-refractivity contribution < 1.29 is 13.2 Å².